The number of carbonyl (C=O) groups excluding carboxylic acids is 1. The number of amides is 1. The van der Waals surface area contributed by atoms with Crippen molar-refractivity contribution in [2.24, 2.45) is 0 Å². The molecule has 168 valence electrons. The summed E-state index contributed by atoms with van der Waals surface area (Å²) in [6.07, 6.45) is 5.12. The molecule has 0 aromatic heterocycles. The first-order valence-electron chi connectivity index (χ1n) is 10.9. The zero-order valence-electron chi connectivity index (χ0n) is 18.5. The molecule has 31 heavy (non-hydrogen) atoms. The van der Waals surface area contributed by atoms with Crippen LogP contribution in [0.4, 0.5) is 5.69 Å². The first-order valence-corrected chi connectivity index (χ1v) is 12.3. The van der Waals surface area contributed by atoms with E-state index in [1.165, 1.54) is 28.4 Å². The summed E-state index contributed by atoms with van der Waals surface area (Å²) in [6.45, 7) is 4.12. The van der Waals surface area contributed by atoms with Crippen LogP contribution in [-0.4, -0.2) is 38.3 Å². The van der Waals surface area contributed by atoms with E-state index in [2.05, 4.69) is 19.2 Å². The smallest absolute Gasteiger partial charge is 0.262 e. The summed E-state index contributed by atoms with van der Waals surface area (Å²) in [5.74, 6) is 0.765. The van der Waals surface area contributed by atoms with Crippen LogP contribution in [0.3, 0.4) is 0 Å². The van der Waals surface area contributed by atoms with Gasteiger partial charge in [0, 0.05) is 18.8 Å². The summed E-state index contributed by atoms with van der Waals surface area (Å²) in [7, 11) is -1.89. The lowest BCUT2D eigenvalue weighted by Gasteiger charge is -2.30. The van der Waals surface area contributed by atoms with Crippen molar-refractivity contribution < 1.29 is 17.9 Å². The Bertz CT molecular complexity index is 964. The molecule has 0 saturated heterocycles. The number of nitrogens with zero attached hydrogens (tertiary/aromatic N) is 1. The number of sulfonamides is 1. The van der Waals surface area contributed by atoms with Gasteiger partial charge in [0.05, 0.1) is 4.90 Å². The van der Waals surface area contributed by atoms with Crippen molar-refractivity contribution in [2.75, 3.05) is 19.0 Å². The largest absolute Gasteiger partial charge is 0.484 e. The fourth-order valence-corrected chi connectivity index (χ4v) is 5.23. The van der Waals surface area contributed by atoms with Gasteiger partial charge in [-0.2, -0.15) is 4.31 Å². The summed E-state index contributed by atoms with van der Waals surface area (Å²) in [5.41, 5.74) is 1.74. The second-order valence-electron chi connectivity index (χ2n) is 8.40. The molecule has 1 aliphatic carbocycles. The number of ether oxygens (including phenoxy) is 1. The molecule has 1 amide bonds. The summed E-state index contributed by atoms with van der Waals surface area (Å²) < 4.78 is 32.9. The number of nitrogens with one attached hydrogen (secondary N) is 1. The van der Waals surface area contributed by atoms with Crippen LogP contribution < -0.4 is 10.1 Å². The van der Waals surface area contributed by atoms with Gasteiger partial charge in [-0.05, 0) is 60.7 Å². The van der Waals surface area contributed by atoms with Gasteiger partial charge < -0.3 is 10.1 Å². The molecule has 1 N–H and O–H groups in total. The van der Waals surface area contributed by atoms with E-state index in [0.717, 1.165) is 25.7 Å². The maximum Gasteiger partial charge on any atom is 0.262 e. The minimum Gasteiger partial charge on any atom is -0.484 e. The first-order chi connectivity index (χ1) is 14.8. The highest BCUT2D eigenvalue weighted by molar-refractivity contribution is 7.89. The lowest BCUT2D eigenvalue weighted by molar-refractivity contribution is -0.118. The lowest BCUT2D eigenvalue weighted by atomic mass is 9.96. The Hall–Kier alpha value is -2.38. The van der Waals surface area contributed by atoms with Crippen molar-refractivity contribution in [1.29, 1.82) is 0 Å². The number of anilines is 1. The van der Waals surface area contributed by atoms with Gasteiger partial charge >= 0.3 is 0 Å². The Labute approximate surface area is 185 Å². The highest BCUT2D eigenvalue weighted by Crippen LogP contribution is 2.27. The molecule has 7 heteroatoms. The molecular formula is C24H32N2O4S. The van der Waals surface area contributed by atoms with Gasteiger partial charge in [0.15, 0.2) is 6.61 Å². The highest BCUT2D eigenvalue weighted by atomic mass is 32.2. The van der Waals surface area contributed by atoms with Crippen LogP contribution in [0.15, 0.2) is 53.4 Å². The van der Waals surface area contributed by atoms with Gasteiger partial charge in [-0.25, -0.2) is 8.42 Å². The van der Waals surface area contributed by atoms with Crippen molar-refractivity contribution in [3.63, 3.8) is 0 Å². The first kappa shape index (κ1) is 23.3. The maximum absolute atomic E-state index is 12.9. The van der Waals surface area contributed by atoms with Crippen molar-refractivity contribution in [1.82, 2.24) is 4.31 Å². The maximum atomic E-state index is 12.9. The molecule has 0 heterocycles. The minimum atomic E-state index is -3.54. The number of hydrogen-bond donors (Lipinski definition) is 1. The van der Waals surface area contributed by atoms with Crippen LogP contribution >= 0.6 is 0 Å². The van der Waals surface area contributed by atoms with Crippen LogP contribution in [-0.2, 0) is 14.8 Å². The zero-order valence-corrected chi connectivity index (χ0v) is 19.3. The SMILES string of the molecule is CC(C)c1ccc(OCC(=O)Nc2ccc(S(=O)(=O)N(C)C3CCCCC3)cc2)cc1. The third-order valence-corrected chi connectivity index (χ3v) is 7.74. The molecule has 0 atom stereocenters. The van der Waals surface area contributed by atoms with Crippen LogP contribution in [0.5, 0.6) is 5.75 Å². The van der Waals surface area contributed by atoms with Gasteiger partial charge in [0.25, 0.3) is 5.91 Å². The van der Waals surface area contributed by atoms with Gasteiger partial charge in [0.1, 0.15) is 5.75 Å². The predicted octanol–water partition coefficient (Wildman–Crippen LogP) is 4.78. The van der Waals surface area contributed by atoms with Gasteiger partial charge in [-0.3, -0.25) is 4.79 Å². The Morgan fingerprint density at radius 1 is 1.03 bits per heavy atom. The minimum absolute atomic E-state index is 0.0601. The fourth-order valence-electron chi connectivity index (χ4n) is 3.81. The van der Waals surface area contributed by atoms with E-state index in [1.54, 1.807) is 19.2 Å². The third-order valence-electron chi connectivity index (χ3n) is 5.82. The lowest BCUT2D eigenvalue weighted by Crippen LogP contribution is -2.38. The molecule has 1 aliphatic rings. The molecule has 1 saturated carbocycles. The standard InChI is InChI=1S/C24H32N2O4S/c1-18(2)19-9-13-22(14-10-19)30-17-24(27)25-20-11-15-23(16-12-20)31(28,29)26(3)21-7-5-4-6-8-21/h9-16,18,21H,4-8,17H2,1-3H3,(H,25,27). The van der Waals surface area contributed by atoms with Crippen LogP contribution in [0.2, 0.25) is 0 Å². The molecule has 0 unspecified atom stereocenters. The van der Waals surface area contributed by atoms with Gasteiger partial charge in [-0.1, -0.05) is 45.2 Å². The molecule has 0 aliphatic heterocycles. The average Bonchev–Trinajstić information content (AvgIpc) is 2.78. The van der Waals surface area contributed by atoms with E-state index in [0.29, 0.717) is 17.4 Å². The number of rotatable bonds is 8. The quantitative estimate of drug-likeness (QED) is 0.636. The fraction of sp³-hybridized carbons (Fsp3) is 0.458. The summed E-state index contributed by atoms with van der Waals surface area (Å²) >= 11 is 0. The van der Waals surface area contributed by atoms with Gasteiger partial charge in [-0.15, -0.1) is 0 Å². The van der Waals surface area contributed by atoms with Crippen molar-refractivity contribution >= 4 is 21.6 Å². The van der Waals surface area contributed by atoms with Crippen molar-refractivity contribution in [3.8, 4) is 5.75 Å². The van der Waals surface area contributed by atoms with Crippen LogP contribution in [0.1, 0.15) is 57.4 Å². The molecule has 6 nitrogen and oxygen atoms in total. The number of hydrogen-bond acceptors (Lipinski definition) is 4. The zero-order chi connectivity index (χ0) is 22.4. The van der Waals surface area contributed by atoms with Crippen LogP contribution in [0, 0.1) is 0 Å². The molecule has 0 bridgehead atoms. The van der Waals surface area contributed by atoms with E-state index < -0.39 is 10.0 Å². The molecule has 2 aromatic carbocycles. The van der Waals surface area contributed by atoms with E-state index in [1.807, 2.05) is 24.3 Å². The van der Waals surface area contributed by atoms with Crippen LogP contribution in [0.25, 0.3) is 0 Å². The molecular weight excluding hydrogens is 412 g/mol. The normalized spacial score (nSPS) is 15.3. The van der Waals surface area contributed by atoms with E-state index in [9.17, 15) is 13.2 Å². The monoisotopic (exact) mass is 444 g/mol. The Morgan fingerprint density at radius 2 is 1.65 bits per heavy atom. The van der Waals surface area contributed by atoms with Crippen molar-refractivity contribution in [3.05, 3.63) is 54.1 Å². The second kappa shape index (κ2) is 10.3. The predicted molar refractivity (Wildman–Crippen MR) is 123 cm³/mol. The third kappa shape index (κ3) is 6.08. The summed E-state index contributed by atoms with van der Waals surface area (Å²) in [4.78, 5) is 12.4. The number of benzene rings is 2. The highest BCUT2D eigenvalue weighted by Gasteiger charge is 2.28. The van der Waals surface area contributed by atoms with E-state index in [4.69, 9.17) is 4.74 Å². The Kier molecular flexibility index (Phi) is 7.73. The van der Waals surface area contributed by atoms with E-state index in [-0.39, 0.29) is 23.5 Å². The molecule has 1 fully saturated rings. The average molecular weight is 445 g/mol. The van der Waals surface area contributed by atoms with Crippen molar-refractivity contribution in [2.45, 2.75) is 62.8 Å². The molecule has 0 spiro atoms. The summed E-state index contributed by atoms with van der Waals surface area (Å²) in [6, 6.07) is 14.0. The second-order valence-corrected chi connectivity index (χ2v) is 10.4. The molecule has 0 radical (unpaired) electrons. The van der Waals surface area contributed by atoms with Gasteiger partial charge in [0.2, 0.25) is 10.0 Å². The topological polar surface area (TPSA) is 75.7 Å². The summed E-state index contributed by atoms with van der Waals surface area (Å²) in [5, 5.41) is 2.74. The Balaban J connectivity index is 1.55. The number of carbonyl (C=O) groups is 1. The van der Waals surface area contributed by atoms with E-state index >= 15 is 0 Å². The molecule has 2 aromatic rings. The Morgan fingerprint density at radius 3 is 2.23 bits per heavy atom. The molecule has 3 rings (SSSR count).